The molecule has 0 unspecified atom stereocenters. The maximum atomic E-state index is 14.0. The predicted octanol–water partition coefficient (Wildman–Crippen LogP) is 3.40. The highest BCUT2D eigenvalue weighted by atomic mass is 79.9. The fourth-order valence-electron chi connectivity index (χ4n) is 2.36. The molecule has 1 aliphatic heterocycles. The Labute approximate surface area is 107 Å². The molecule has 2 nitrogen and oxygen atoms in total. The first-order chi connectivity index (χ1) is 7.75. The Bertz CT molecular complexity index is 476. The molecule has 2 rings (SSSR count). The van der Waals surface area contributed by atoms with E-state index in [0.717, 1.165) is 0 Å². The van der Waals surface area contributed by atoms with Gasteiger partial charge >= 0.3 is 0 Å². The van der Waals surface area contributed by atoms with E-state index in [-0.39, 0.29) is 4.47 Å². The zero-order chi connectivity index (χ0) is 13.0. The van der Waals surface area contributed by atoms with Crippen molar-refractivity contribution in [2.45, 2.75) is 38.3 Å². The van der Waals surface area contributed by atoms with Crippen molar-refractivity contribution < 1.29 is 13.9 Å². The molecule has 0 aliphatic carbocycles. The predicted molar refractivity (Wildman–Crippen MR) is 66.2 cm³/mol. The molecule has 94 valence electrons. The third-order valence-corrected chi connectivity index (χ3v) is 4.05. The number of hydrogen-bond donors (Lipinski definition) is 2. The van der Waals surface area contributed by atoms with Crippen molar-refractivity contribution in [3.63, 3.8) is 0 Å². The topological polar surface area (TPSA) is 32.3 Å². The summed E-state index contributed by atoms with van der Waals surface area (Å²) in [5.41, 5.74) is 0.121. The second-order valence-electron chi connectivity index (χ2n) is 5.03. The summed E-state index contributed by atoms with van der Waals surface area (Å²) in [6.45, 7) is 5.34. The highest BCUT2D eigenvalue weighted by molar-refractivity contribution is 9.10. The maximum absolute atomic E-state index is 14.0. The van der Waals surface area contributed by atoms with Gasteiger partial charge in [-0.2, -0.15) is 0 Å². The van der Waals surface area contributed by atoms with Gasteiger partial charge in [0.15, 0.2) is 0 Å². The van der Waals surface area contributed by atoms with Gasteiger partial charge in [-0.15, -0.1) is 0 Å². The van der Waals surface area contributed by atoms with Gasteiger partial charge in [0.25, 0.3) is 0 Å². The van der Waals surface area contributed by atoms with Crippen LogP contribution in [0.15, 0.2) is 10.5 Å². The molecule has 5 heteroatoms. The van der Waals surface area contributed by atoms with Crippen LogP contribution >= 0.6 is 15.9 Å². The summed E-state index contributed by atoms with van der Waals surface area (Å²) in [6, 6.07) is 1.26. The van der Waals surface area contributed by atoms with E-state index in [1.165, 1.54) is 6.07 Å². The molecule has 0 saturated carbocycles. The van der Waals surface area contributed by atoms with Crippen LogP contribution in [0.2, 0.25) is 0 Å². The zero-order valence-electron chi connectivity index (χ0n) is 9.81. The lowest BCUT2D eigenvalue weighted by Gasteiger charge is -2.42. The summed E-state index contributed by atoms with van der Waals surface area (Å²) < 4.78 is 27.3. The highest BCUT2D eigenvalue weighted by Crippen LogP contribution is 2.42. The number of hydrogen-bond acceptors (Lipinski definition) is 2. The van der Waals surface area contributed by atoms with Gasteiger partial charge in [0.1, 0.15) is 11.6 Å². The number of aliphatic hydroxyl groups is 1. The van der Waals surface area contributed by atoms with E-state index in [2.05, 4.69) is 21.2 Å². The molecule has 0 fully saturated rings. The molecule has 0 bridgehead atoms. The Balaban J connectivity index is 2.65. The summed E-state index contributed by atoms with van der Waals surface area (Å²) in [4.78, 5) is 0. The summed E-state index contributed by atoms with van der Waals surface area (Å²) in [7, 11) is 0. The van der Waals surface area contributed by atoms with Gasteiger partial charge in [0, 0.05) is 17.2 Å². The van der Waals surface area contributed by atoms with E-state index >= 15 is 0 Å². The molecule has 1 heterocycles. The molecule has 0 spiro atoms. The summed E-state index contributed by atoms with van der Waals surface area (Å²) >= 11 is 2.87. The van der Waals surface area contributed by atoms with Gasteiger partial charge in [-0.1, -0.05) is 6.92 Å². The average molecular weight is 306 g/mol. The van der Waals surface area contributed by atoms with E-state index in [4.69, 9.17) is 0 Å². The molecule has 2 atom stereocenters. The Kier molecular flexibility index (Phi) is 2.94. The van der Waals surface area contributed by atoms with Crippen molar-refractivity contribution in [2.24, 2.45) is 0 Å². The number of benzene rings is 1. The lowest BCUT2D eigenvalue weighted by atomic mass is 9.79. The first kappa shape index (κ1) is 12.8. The smallest absolute Gasteiger partial charge is 0.145 e. The molecular formula is C12H14BrF2NO. The fourth-order valence-corrected chi connectivity index (χ4v) is 2.69. The minimum Gasteiger partial charge on any atom is -0.390 e. The molecular weight excluding hydrogens is 292 g/mol. The van der Waals surface area contributed by atoms with Crippen LogP contribution in [0.1, 0.15) is 32.3 Å². The lowest BCUT2D eigenvalue weighted by Crippen LogP contribution is -2.50. The first-order valence-electron chi connectivity index (χ1n) is 5.39. The van der Waals surface area contributed by atoms with Gasteiger partial charge < -0.3 is 10.4 Å². The quantitative estimate of drug-likeness (QED) is 0.720. The molecule has 1 aromatic carbocycles. The lowest BCUT2D eigenvalue weighted by molar-refractivity contribution is 0.0853. The van der Waals surface area contributed by atoms with Crippen molar-refractivity contribution >= 4 is 21.6 Å². The van der Waals surface area contributed by atoms with Crippen LogP contribution in [0.5, 0.6) is 0 Å². The maximum Gasteiger partial charge on any atom is 0.145 e. The monoisotopic (exact) mass is 305 g/mol. The molecule has 0 saturated heterocycles. The fraction of sp³-hybridized carbons (Fsp3) is 0.500. The standard InChI is InChI=1S/C12H14BrF2NO/c1-5-8-7(16-12(2,3)11(5)17)4-6(14)9(13)10(8)15/h4-5,11,16-17H,1-3H3/t5-,11+/m1/s1. The molecule has 0 radical (unpaired) electrons. The summed E-state index contributed by atoms with van der Waals surface area (Å²) in [5.74, 6) is -1.68. The number of anilines is 1. The van der Waals surface area contributed by atoms with E-state index in [1.807, 2.05) is 0 Å². The Morgan fingerprint density at radius 3 is 2.59 bits per heavy atom. The Hall–Kier alpha value is -0.680. The van der Waals surface area contributed by atoms with Crippen molar-refractivity contribution in [2.75, 3.05) is 5.32 Å². The van der Waals surface area contributed by atoms with Crippen LogP contribution in [0.4, 0.5) is 14.5 Å². The molecule has 0 aromatic heterocycles. The zero-order valence-corrected chi connectivity index (χ0v) is 11.4. The third-order valence-electron chi connectivity index (χ3n) is 3.33. The number of halogens is 3. The largest absolute Gasteiger partial charge is 0.390 e. The summed E-state index contributed by atoms with van der Waals surface area (Å²) in [5, 5.41) is 13.1. The van der Waals surface area contributed by atoms with Crippen molar-refractivity contribution in [1.82, 2.24) is 0 Å². The van der Waals surface area contributed by atoms with E-state index in [0.29, 0.717) is 11.3 Å². The molecule has 17 heavy (non-hydrogen) atoms. The van der Waals surface area contributed by atoms with Gasteiger partial charge in [-0.3, -0.25) is 0 Å². The van der Waals surface area contributed by atoms with Crippen LogP contribution in [0.3, 0.4) is 0 Å². The normalized spacial score (nSPS) is 26.3. The SMILES string of the molecule is C[C@@H]1c2c(cc(F)c(Br)c2F)NC(C)(C)[C@H]1O. The Morgan fingerprint density at radius 2 is 2.00 bits per heavy atom. The minimum absolute atomic E-state index is 0.184. The van der Waals surface area contributed by atoms with Gasteiger partial charge in [-0.05, 0) is 35.8 Å². The van der Waals surface area contributed by atoms with Crippen LogP contribution in [0.25, 0.3) is 0 Å². The van der Waals surface area contributed by atoms with Crippen LogP contribution in [0, 0.1) is 11.6 Å². The van der Waals surface area contributed by atoms with Crippen molar-refractivity contribution in [3.8, 4) is 0 Å². The Morgan fingerprint density at radius 1 is 1.41 bits per heavy atom. The second-order valence-corrected chi connectivity index (χ2v) is 5.82. The van der Waals surface area contributed by atoms with Crippen molar-refractivity contribution in [3.05, 3.63) is 27.7 Å². The number of rotatable bonds is 0. The third kappa shape index (κ3) is 1.85. The van der Waals surface area contributed by atoms with E-state index < -0.39 is 29.2 Å². The molecule has 2 N–H and O–H groups in total. The molecule has 0 amide bonds. The number of fused-ring (bicyclic) bond motifs is 1. The van der Waals surface area contributed by atoms with Crippen molar-refractivity contribution in [1.29, 1.82) is 0 Å². The number of nitrogens with one attached hydrogen (secondary N) is 1. The molecule has 1 aromatic rings. The molecule has 1 aliphatic rings. The van der Waals surface area contributed by atoms with Gasteiger partial charge in [0.2, 0.25) is 0 Å². The average Bonchev–Trinajstić information content (AvgIpc) is 2.22. The summed E-state index contributed by atoms with van der Waals surface area (Å²) in [6.07, 6.45) is -0.734. The van der Waals surface area contributed by atoms with E-state index in [9.17, 15) is 13.9 Å². The number of aliphatic hydroxyl groups excluding tert-OH is 1. The van der Waals surface area contributed by atoms with E-state index in [1.54, 1.807) is 20.8 Å². The van der Waals surface area contributed by atoms with Gasteiger partial charge in [0.05, 0.1) is 16.1 Å². The van der Waals surface area contributed by atoms with Crippen LogP contribution < -0.4 is 5.32 Å². The minimum atomic E-state index is -0.734. The highest BCUT2D eigenvalue weighted by Gasteiger charge is 2.40. The first-order valence-corrected chi connectivity index (χ1v) is 6.18. The second kappa shape index (κ2) is 3.92. The van der Waals surface area contributed by atoms with Gasteiger partial charge in [-0.25, -0.2) is 8.78 Å². The van der Waals surface area contributed by atoms with Crippen LogP contribution in [-0.4, -0.2) is 16.7 Å². The van der Waals surface area contributed by atoms with Crippen LogP contribution in [-0.2, 0) is 0 Å².